The lowest BCUT2D eigenvalue weighted by Gasteiger charge is -2.32. The predicted molar refractivity (Wildman–Crippen MR) is 114 cm³/mol. The van der Waals surface area contributed by atoms with Gasteiger partial charge in [-0.2, -0.15) is 0 Å². The smallest absolute Gasteiger partial charge is 0.322 e. The third-order valence-corrected chi connectivity index (χ3v) is 5.47. The lowest BCUT2D eigenvalue weighted by Crippen LogP contribution is -2.50. The molecule has 1 aliphatic heterocycles. The number of carbonyl (C=O) groups excluding carboxylic acids is 1. The number of ether oxygens (including phenoxy) is 1. The molecule has 7 nitrogen and oxygen atoms in total. The summed E-state index contributed by atoms with van der Waals surface area (Å²) in [5.41, 5.74) is 2.66. The molecule has 0 aromatic heterocycles. The number of piperidine rings is 1. The monoisotopic (exact) mass is 417 g/mol. The Kier molecular flexibility index (Phi) is 6.76. The molecule has 2 amide bonds. The minimum atomic E-state index is -3.31. The fraction of sp³-hybridized carbons (Fsp3) is 0.381. The third-order valence-electron chi connectivity index (χ3n) is 4.71. The van der Waals surface area contributed by atoms with Gasteiger partial charge >= 0.3 is 6.03 Å². The number of rotatable bonds is 6. The molecule has 1 aliphatic rings. The lowest BCUT2D eigenvalue weighted by molar-refractivity contribution is 0.190. The van der Waals surface area contributed by atoms with Gasteiger partial charge in [0.2, 0.25) is 10.0 Å². The second kappa shape index (κ2) is 9.28. The molecule has 0 radical (unpaired) electrons. The van der Waals surface area contributed by atoms with Crippen LogP contribution in [-0.2, 0) is 16.6 Å². The van der Waals surface area contributed by atoms with E-state index in [9.17, 15) is 13.2 Å². The van der Waals surface area contributed by atoms with Crippen LogP contribution in [0.5, 0.6) is 5.75 Å². The summed E-state index contributed by atoms with van der Waals surface area (Å²) in [6.45, 7) is 3.29. The Labute approximate surface area is 172 Å². The minimum Gasteiger partial charge on any atom is -0.487 e. The van der Waals surface area contributed by atoms with E-state index in [1.807, 2.05) is 55.5 Å². The summed E-state index contributed by atoms with van der Waals surface area (Å²) in [5.74, 6) is 0.602. The van der Waals surface area contributed by atoms with Crippen LogP contribution >= 0.6 is 0 Å². The van der Waals surface area contributed by atoms with Crippen molar-refractivity contribution in [2.24, 2.45) is 0 Å². The fourth-order valence-corrected chi connectivity index (χ4v) is 4.14. The van der Waals surface area contributed by atoms with Gasteiger partial charge < -0.3 is 15.0 Å². The van der Waals surface area contributed by atoms with E-state index < -0.39 is 10.0 Å². The van der Waals surface area contributed by atoms with Gasteiger partial charge in [-0.1, -0.05) is 36.4 Å². The van der Waals surface area contributed by atoms with Gasteiger partial charge in [-0.25, -0.2) is 17.9 Å². The molecule has 8 heteroatoms. The molecule has 2 aromatic rings. The van der Waals surface area contributed by atoms with Crippen molar-refractivity contribution in [3.63, 3.8) is 0 Å². The Morgan fingerprint density at radius 2 is 1.97 bits per heavy atom. The molecule has 0 spiro atoms. The highest BCUT2D eigenvalue weighted by molar-refractivity contribution is 7.88. The van der Waals surface area contributed by atoms with Gasteiger partial charge in [0.1, 0.15) is 12.4 Å². The maximum Gasteiger partial charge on any atom is 0.322 e. The molecule has 1 saturated heterocycles. The number of urea groups is 1. The van der Waals surface area contributed by atoms with Crippen LogP contribution in [0.4, 0.5) is 10.5 Å². The Hall–Kier alpha value is -2.58. The van der Waals surface area contributed by atoms with E-state index in [1.165, 1.54) is 0 Å². The number of carbonyl (C=O) groups is 1. The molecule has 1 heterocycles. The highest BCUT2D eigenvalue weighted by Gasteiger charge is 2.26. The maximum absolute atomic E-state index is 12.8. The summed E-state index contributed by atoms with van der Waals surface area (Å²) in [5, 5.41) is 2.91. The number of hydrogen-bond acceptors (Lipinski definition) is 4. The molecule has 0 aliphatic carbocycles. The van der Waals surface area contributed by atoms with Crippen LogP contribution in [0, 0.1) is 6.92 Å². The van der Waals surface area contributed by atoms with Crippen LogP contribution in [0.15, 0.2) is 48.5 Å². The molecule has 0 saturated carbocycles. The molecule has 29 heavy (non-hydrogen) atoms. The number of hydrogen-bond donors (Lipinski definition) is 2. The van der Waals surface area contributed by atoms with Gasteiger partial charge in [0.25, 0.3) is 0 Å². The number of aryl methyl sites for hydroxylation is 1. The predicted octanol–water partition coefficient (Wildman–Crippen LogP) is 3.12. The van der Waals surface area contributed by atoms with Crippen molar-refractivity contribution in [3.05, 3.63) is 59.7 Å². The third kappa shape index (κ3) is 6.47. The second-order valence-electron chi connectivity index (χ2n) is 7.38. The molecule has 2 N–H and O–H groups in total. The normalized spacial score (nSPS) is 17.0. The quantitative estimate of drug-likeness (QED) is 0.756. The standard InChI is InChI=1S/C21H27N3O4S/c1-16-10-11-19(20(13-16)28-15-17-7-4-3-5-8-17)22-21(25)24-12-6-9-18(14-24)23-29(2,26)27/h3-5,7-8,10-11,13,18,23H,6,9,12,14-15H2,1-2H3,(H,22,25). The molecule has 2 aromatic carbocycles. The van der Waals surface area contributed by atoms with Crippen LogP contribution in [-0.4, -0.2) is 44.7 Å². The Bertz CT molecular complexity index is 948. The molecule has 0 bridgehead atoms. The zero-order chi connectivity index (χ0) is 20.9. The zero-order valence-electron chi connectivity index (χ0n) is 16.7. The molecule has 1 fully saturated rings. The number of sulfonamides is 1. The van der Waals surface area contributed by atoms with Gasteiger partial charge in [0.05, 0.1) is 11.9 Å². The first kappa shape index (κ1) is 21.1. The summed E-state index contributed by atoms with van der Waals surface area (Å²) in [4.78, 5) is 14.4. The van der Waals surface area contributed by atoms with Crippen LogP contribution in [0.2, 0.25) is 0 Å². The average Bonchev–Trinajstić information content (AvgIpc) is 2.68. The van der Waals surface area contributed by atoms with Crippen molar-refractivity contribution in [2.45, 2.75) is 32.4 Å². The largest absolute Gasteiger partial charge is 0.487 e. The van der Waals surface area contributed by atoms with E-state index in [2.05, 4.69) is 10.0 Å². The van der Waals surface area contributed by atoms with Gasteiger partial charge in [-0.15, -0.1) is 0 Å². The van der Waals surface area contributed by atoms with E-state index in [0.29, 0.717) is 37.6 Å². The van der Waals surface area contributed by atoms with Crippen LogP contribution < -0.4 is 14.8 Å². The van der Waals surface area contributed by atoms with E-state index >= 15 is 0 Å². The molecular weight excluding hydrogens is 390 g/mol. The molecule has 156 valence electrons. The number of amides is 2. The molecular formula is C21H27N3O4S. The van der Waals surface area contributed by atoms with Crippen molar-refractivity contribution in [3.8, 4) is 5.75 Å². The van der Waals surface area contributed by atoms with Crippen molar-refractivity contribution in [1.29, 1.82) is 0 Å². The minimum absolute atomic E-state index is 0.265. The first-order chi connectivity index (χ1) is 13.8. The topological polar surface area (TPSA) is 87.7 Å². The number of nitrogens with zero attached hydrogens (tertiary/aromatic N) is 1. The SMILES string of the molecule is Cc1ccc(NC(=O)N2CCCC(NS(C)(=O)=O)C2)c(OCc2ccccc2)c1. The first-order valence-electron chi connectivity index (χ1n) is 9.61. The van der Waals surface area contributed by atoms with Crippen LogP contribution in [0.1, 0.15) is 24.0 Å². The van der Waals surface area contributed by atoms with Crippen LogP contribution in [0.3, 0.4) is 0 Å². The average molecular weight is 418 g/mol. The first-order valence-corrected chi connectivity index (χ1v) is 11.5. The lowest BCUT2D eigenvalue weighted by atomic mass is 10.1. The van der Waals surface area contributed by atoms with Crippen molar-refractivity contribution in [1.82, 2.24) is 9.62 Å². The Morgan fingerprint density at radius 3 is 2.69 bits per heavy atom. The molecule has 1 unspecified atom stereocenters. The van der Waals surface area contributed by atoms with Gasteiger partial charge in [-0.05, 0) is 43.0 Å². The molecule has 1 atom stereocenters. The summed E-state index contributed by atoms with van der Waals surface area (Å²) in [6.07, 6.45) is 2.59. The molecule has 3 rings (SSSR count). The summed E-state index contributed by atoms with van der Waals surface area (Å²) < 4.78 is 31.5. The van der Waals surface area contributed by atoms with Crippen molar-refractivity contribution < 1.29 is 17.9 Å². The highest BCUT2D eigenvalue weighted by atomic mass is 32.2. The van der Waals surface area contributed by atoms with E-state index in [-0.39, 0.29) is 12.1 Å². The van der Waals surface area contributed by atoms with Crippen molar-refractivity contribution >= 4 is 21.7 Å². The van der Waals surface area contributed by atoms with Gasteiger partial charge in [0.15, 0.2) is 0 Å². The van der Waals surface area contributed by atoms with Crippen LogP contribution in [0.25, 0.3) is 0 Å². The summed E-state index contributed by atoms with van der Waals surface area (Å²) in [7, 11) is -3.31. The van der Waals surface area contributed by atoms with E-state index in [4.69, 9.17) is 4.74 Å². The number of anilines is 1. The zero-order valence-corrected chi connectivity index (χ0v) is 17.5. The summed E-state index contributed by atoms with van der Waals surface area (Å²) in [6, 6.07) is 14.9. The fourth-order valence-electron chi connectivity index (χ4n) is 3.34. The second-order valence-corrected chi connectivity index (χ2v) is 9.16. The maximum atomic E-state index is 12.8. The number of likely N-dealkylation sites (tertiary alicyclic amines) is 1. The Morgan fingerprint density at radius 1 is 1.21 bits per heavy atom. The van der Waals surface area contributed by atoms with Gasteiger partial charge in [0, 0.05) is 19.1 Å². The highest BCUT2D eigenvalue weighted by Crippen LogP contribution is 2.27. The van der Waals surface area contributed by atoms with Gasteiger partial charge in [-0.3, -0.25) is 0 Å². The van der Waals surface area contributed by atoms with E-state index in [1.54, 1.807) is 4.90 Å². The summed E-state index contributed by atoms with van der Waals surface area (Å²) >= 11 is 0. The Balaban J connectivity index is 1.66. The van der Waals surface area contributed by atoms with Crippen molar-refractivity contribution in [2.75, 3.05) is 24.7 Å². The number of benzene rings is 2. The number of nitrogens with one attached hydrogen (secondary N) is 2. The van der Waals surface area contributed by atoms with E-state index in [0.717, 1.165) is 23.8 Å².